The van der Waals surface area contributed by atoms with Crippen LogP contribution in [0.25, 0.3) is 0 Å². The van der Waals surface area contributed by atoms with Gasteiger partial charge in [0.2, 0.25) is 15.9 Å². The zero-order valence-corrected chi connectivity index (χ0v) is 17.7. The number of benzene rings is 1. The van der Waals surface area contributed by atoms with Gasteiger partial charge in [0, 0.05) is 24.8 Å². The molecule has 1 aliphatic rings. The highest BCUT2D eigenvalue weighted by Crippen LogP contribution is 2.27. The van der Waals surface area contributed by atoms with Crippen molar-refractivity contribution >= 4 is 33.2 Å². The van der Waals surface area contributed by atoms with Crippen LogP contribution in [0.1, 0.15) is 52.4 Å². The van der Waals surface area contributed by atoms with Gasteiger partial charge >= 0.3 is 0 Å². The van der Waals surface area contributed by atoms with Crippen molar-refractivity contribution < 1.29 is 13.2 Å². The second kappa shape index (κ2) is 10.3. The summed E-state index contributed by atoms with van der Waals surface area (Å²) in [6.07, 6.45) is 6.83. The molecule has 0 radical (unpaired) electrons. The molecule has 0 saturated heterocycles. The van der Waals surface area contributed by atoms with Gasteiger partial charge in [-0.1, -0.05) is 51.1 Å². The van der Waals surface area contributed by atoms with E-state index >= 15 is 0 Å². The number of carbonyl (C=O) groups is 1. The average molecular weight is 416 g/mol. The summed E-state index contributed by atoms with van der Waals surface area (Å²) < 4.78 is 26.8. The zero-order valence-electron chi connectivity index (χ0n) is 16.1. The maximum atomic E-state index is 12.7. The molecule has 6 nitrogen and oxygen atoms in total. The smallest absolute Gasteiger partial charge is 0.244 e. The van der Waals surface area contributed by atoms with Gasteiger partial charge in [0.15, 0.2) is 0 Å². The number of rotatable bonds is 8. The molecule has 0 unspecified atom stereocenters. The SMILES string of the molecule is CCN(CC)S(=O)(=O)c1cc(NCC(=O)NC2CCCCCC2)ccc1Cl. The van der Waals surface area contributed by atoms with Crippen molar-refractivity contribution in [3.8, 4) is 0 Å². The normalized spacial score (nSPS) is 16.1. The number of halogens is 1. The fourth-order valence-corrected chi connectivity index (χ4v) is 5.36. The molecular weight excluding hydrogens is 386 g/mol. The van der Waals surface area contributed by atoms with E-state index in [0.717, 1.165) is 25.7 Å². The minimum absolute atomic E-state index is 0.0574. The van der Waals surface area contributed by atoms with Gasteiger partial charge in [0.05, 0.1) is 11.6 Å². The van der Waals surface area contributed by atoms with E-state index in [0.29, 0.717) is 18.8 Å². The van der Waals surface area contributed by atoms with Gasteiger partial charge in [-0.05, 0) is 31.0 Å². The van der Waals surface area contributed by atoms with E-state index in [1.54, 1.807) is 26.0 Å². The van der Waals surface area contributed by atoms with Crippen molar-refractivity contribution in [1.29, 1.82) is 0 Å². The molecule has 27 heavy (non-hydrogen) atoms. The van der Waals surface area contributed by atoms with E-state index in [1.165, 1.54) is 23.2 Å². The summed E-state index contributed by atoms with van der Waals surface area (Å²) in [6.45, 7) is 4.42. The minimum atomic E-state index is -3.66. The molecule has 1 amide bonds. The number of nitrogens with zero attached hydrogens (tertiary/aromatic N) is 1. The highest BCUT2D eigenvalue weighted by atomic mass is 35.5. The highest BCUT2D eigenvalue weighted by Gasteiger charge is 2.24. The molecule has 0 heterocycles. The van der Waals surface area contributed by atoms with Gasteiger partial charge in [0.1, 0.15) is 4.90 Å². The van der Waals surface area contributed by atoms with Crippen molar-refractivity contribution in [3.63, 3.8) is 0 Å². The molecule has 152 valence electrons. The molecule has 0 bridgehead atoms. The summed E-state index contributed by atoms with van der Waals surface area (Å²) >= 11 is 6.13. The predicted molar refractivity (Wildman–Crippen MR) is 110 cm³/mol. The molecule has 1 aromatic carbocycles. The van der Waals surface area contributed by atoms with Crippen LogP contribution in [0, 0.1) is 0 Å². The number of hydrogen-bond donors (Lipinski definition) is 2. The summed E-state index contributed by atoms with van der Waals surface area (Å²) in [7, 11) is -3.66. The third-order valence-corrected chi connectivity index (χ3v) is 7.46. The van der Waals surface area contributed by atoms with Crippen molar-refractivity contribution in [3.05, 3.63) is 23.2 Å². The van der Waals surface area contributed by atoms with Crippen molar-refractivity contribution in [2.24, 2.45) is 0 Å². The topological polar surface area (TPSA) is 78.5 Å². The lowest BCUT2D eigenvalue weighted by Gasteiger charge is -2.20. The Morgan fingerprint density at radius 3 is 2.37 bits per heavy atom. The molecular formula is C19H30ClN3O3S. The van der Waals surface area contributed by atoms with Crippen LogP contribution in [-0.4, -0.2) is 44.3 Å². The number of carbonyl (C=O) groups excluding carboxylic acids is 1. The molecule has 8 heteroatoms. The van der Waals surface area contributed by atoms with Crippen LogP contribution in [0.2, 0.25) is 5.02 Å². The largest absolute Gasteiger partial charge is 0.376 e. The molecule has 1 saturated carbocycles. The first-order valence-electron chi connectivity index (χ1n) is 9.71. The molecule has 1 fully saturated rings. The van der Waals surface area contributed by atoms with Crippen molar-refractivity contribution in [2.75, 3.05) is 25.0 Å². The minimum Gasteiger partial charge on any atom is -0.376 e. The summed E-state index contributed by atoms with van der Waals surface area (Å²) in [6, 6.07) is 4.96. The molecule has 2 N–H and O–H groups in total. The van der Waals surface area contributed by atoms with E-state index in [4.69, 9.17) is 11.6 Å². The molecule has 0 aromatic heterocycles. The van der Waals surface area contributed by atoms with E-state index in [-0.39, 0.29) is 28.4 Å². The molecule has 0 spiro atoms. The van der Waals surface area contributed by atoms with Gasteiger partial charge in [-0.25, -0.2) is 8.42 Å². The molecule has 1 aliphatic carbocycles. The fraction of sp³-hybridized carbons (Fsp3) is 0.632. The fourth-order valence-electron chi connectivity index (χ4n) is 3.40. The van der Waals surface area contributed by atoms with Crippen LogP contribution in [0.3, 0.4) is 0 Å². The van der Waals surface area contributed by atoms with Crippen LogP contribution in [0.4, 0.5) is 5.69 Å². The third-order valence-electron chi connectivity index (χ3n) is 4.93. The highest BCUT2D eigenvalue weighted by molar-refractivity contribution is 7.89. The van der Waals surface area contributed by atoms with Crippen LogP contribution in [0.15, 0.2) is 23.1 Å². The maximum Gasteiger partial charge on any atom is 0.244 e. The lowest BCUT2D eigenvalue weighted by molar-refractivity contribution is -0.120. The molecule has 1 aromatic rings. The number of anilines is 1. The Labute approximate surface area is 167 Å². The van der Waals surface area contributed by atoms with Gasteiger partial charge in [-0.15, -0.1) is 0 Å². The third kappa shape index (κ3) is 6.09. The zero-order chi connectivity index (χ0) is 19.9. The first kappa shape index (κ1) is 22.0. The van der Waals surface area contributed by atoms with E-state index in [2.05, 4.69) is 10.6 Å². The summed E-state index contributed by atoms with van der Waals surface area (Å²) in [5.74, 6) is -0.0787. The van der Waals surface area contributed by atoms with Crippen LogP contribution in [-0.2, 0) is 14.8 Å². The number of hydrogen-bond acceptors (Lipinski definition) is 4. The Morgan fingerprint density at radius 2 is 1.78 bits per heavy atom. The number of amides is 1. The predicted octanol–water partition coefficient (Wildman–Crippen LogP) is 3.62. The van der Waals surface area contributed by atoms with Crippen LogP contribution in [0.5, 0.6) is 0 Å². The van der Waals surface area contributed by atoms with Crippen molar-refractivity contribution in [1.82, 2.24) is 9.62 Å². The molecule has 0 aliphatic heterocycles. The summed E-state index contributed by atoms with van der Waals surface area (Å²) in [5.41, 5.74) is 0.557. The number of sulfonamides is 1. The average Bonchev–Trinajstić information content (AvgIpc) is 2.90. The first-order chi connectivity index (χ1) is 12.9. The quantitative estimate of drug-likeness (QED) is 0.635. The summed E-state index contributed by atoms with van der Waals surface area (Å²) in [4.78, 5) is 12.3. The maximum absolute atomic E-state index is 12.7. The Kier molecular flexibility index (Phi) is 8.38. The van der Waals surface area contributed by atoms with Crippen LogP contribution >= 0.6 is 11.6 Å². The lowest BCUT2D eigenvalue weighted by Crippen LogP contribution is -2.38. The lowest BCUT2D eigenvalue weighted by atomic mass is 10.1. The van der Waals surface area contributed by atoms with Gasteiger partial charge in [0.25, 0.3) is 0 Å². The molecule has 2 rings (SSSR count). The Balaban J connectivity index is 2.02. The van der Waals surface area contributed by atoms with Gasteiger partial charge in [-0.3, -0.25) is 4.79 Å². The Bertz CT molecular complexity index is 728. The van der Waals surface area contributed by atoms with E-state index in [1.807, 2.05) is 0 Å². The second-order valence-corrected chi connectivity index (χ2v) is 9.16. The van der Waals surface area contributed by atoms with E-state index in [9.17, 15) is 13.2 Å². The van der Waals surface area contributed by atoms with Crippen molar-refractivity contribution in [2.45, 2.75) is 63.3 Å². The molecule has 0 atom stereocenters. The van der Waals surface area contributed by atoms with E-state index < -0.39 is 10.0 Å². The summed E-state index contributed by atoms with van der Waals surface area (Å²) in [5, 5.41) is 6.25. The number of nitrogens with one attached hydrogen (secondary N) is 2. The van der Waals surface area contributed by atoms with Crippen LogP contribution < -0.4 is 10.6 Å². The standard InChI is InChI=1S/C19H30ClN3O3S/c1-3-23(4-2)27(25,26)18-13-16(11-12-17(18)20)21-14-19(24)22-15-9-7-5-6-8-10-15/h11-13,15,21H,3-10,14H2,1-2H3,(H,22,24). The second-order valence-electron chi connectivity index (χ2n) is 6.84. The first-order valence-corrected chi connectivity index (χ1v) is 11.5. The Hall–Kier alpha value is -1.31. The monoisotopic (exact) mass is 415 g/mol. The van der Waals surface area contributed by atoms with Gasteiger partial charge in [-0.2, -0.15) is 4.31 Å². The van der Waals surface area contributed by atoms with Gasteiger partial charge < -0.3 is 10.6 Å². The Morgan fingerprint density at radius 1 is 1.15 bits per heavy atom.